The number of aromatic nitrogens is 1. The predicted molar refractivity (Wildman–Crippen MR) is 89.6 cm³/mol. The molecule has 0 aliphatic heterocycles. The maximum Gasteiger partial charge on any atom is 0.287 e. The van der Waals surface area contributed by atoms with E-state index >= 15 is 0 Å². The summed E-state index contributed by atoms with van der Waals surface area (Å²) in [5, 5.41) is 12.6. The Balaban J connectivity index is 1.75. The summed E-state index contributed by atoms with van der Waals surface area (Å²) in [5.74, 6) is 0.836. The monoisotopic (exact) mass is 346 g/mol. The van der Waals surface area contributed by atoms with Crippen molar-refractivity contribution in [3.63, 3.8) is 0 Å². The second kappa shape index (κ2) is 7.57. The number of hydrogen-bond acceptors (Lipinski definition) is 6. The van der Waals surface area contributed by atoms with Crippen LogP contribution in [0.2, 0.25) is 0 Å². The number of aliphatic hydroxyl groups is 1. The zero-order chi connectivity index (χ0) is 17.8. The largest absolute Gasteiger partial charge is 0.481 e. The molecule has 0 aromatic carbocycles. The number of methoxy groups -OCH3 is 1. The molecule has 0 unspecified atom stereocenters. The molecule has 2 N–H and O–H groups in total. The highest BCUT2D eigenvalue weighted by atomic mass is 16.6. The van der Waals surface area contributed by atoms with Crippen molar-refractivity contribution >= 4 is 5.91 Å². The lowest BCUT2D eigenvalue weighted by Crippen LogP contribution is -2.41. The molecular formula is C18H22N2O5. The van der Waals surface area contributed by atoms with Gasteiger partial charge in [0.05, 0.1) is 25.9 Å². The Morgan fingerprint density at radius 1 is 1.40 bits per heavy atom. The van der Waals surface area contributed by atoms with Gasteiger partial charge in [0, 0.05) is 18.3 Å². The first-order valence-corrected chi connectivity index (χ1v) is 8.32. The predicted octanol–water partition coefficient (Wildman–Crippen LogP) is 2.32. The molecule has 0 saturated heterocycles. The van der Waals surface area contributed by atoms with Gasteiger partial charge in [-0.05, 0) is 37.3 Å². The summed E-state index contributed by atoms with van der Waals surface area (Å²) in [7, 11) is 1.55. The van der Waals surface area contributed by atoms with Gasteiger partial charge in [0.1, 0.15) is 0 Å². The smallest absolute Gasteiger partial charge is 0.287 e. The third-order valence-electron chi connectivity index (χ3n) is 4.33. The summed E-state index contributed by atoms with van der Waals surface area (Å²) in [6.07, 6.45) is 2.64. The van der Waals surface area contributed by atoms with Crippen LogP contribution < -0.4 is 14.8 Å². The molecule has 0 radical (unpaired) electrons. The summed E-state index contributed by atoms with van der Waals surface area (Å²) >= 11 is 0. The van der Waals surface area contributed by atoms with Crippen molar-refractivity contribution in [1.29, 1.82) is 0 Å². The van der Waals surface area contributed by atoms with E-state index in [-0.39, 0.29) is 29.7 Å². The van der Waals surface area contributed by atoms with Gasteiger partial charge < -0.3 is 24.3 Å². The van der Waals surface area contributed by atoms with Crippen LogP contribution in [-0.2, 0) is 0 Å². The van der Waals surface area contributed by atoms with Crippen molar-refractivity contribution in [3.8, 4) is 11.8 Å². The van der Waals surface area contributed by atoms with E-state index in [2.05, 4.69) is 10.3 Å². The van der Waals surface area contributed by atoms with E-state index in [1.807, 2.05) is 13.0 Å². The van der Waals surface area contributed by atoms with Crippen molar-refractivity contribution in [2.45, 2.75) is 31.9 Å². The summed E-state index contributed by atoms with van der Waals surface area (Å²) in [4.78, 5) is 16.7. The molecule has 2 heterocycles. The van der Waals surface area contributed by atoms with Crippen LogP contribution in [-0.4, -0.2) is 35.8 Å². The number of carbonyl (C=O) groups is 1. The average Bonchev–Trinajstić information content (AvgIpc) is 3.06. The lowest BCUT2D eigenvalue weighted by molar-refractivity contribution is 0.0231. The number of amides is 1. The van der Waals surface area contributed by atoms with Crippen molar-refractivity contribution in [2.75, 3.05) is 13.7 Å². The maximum absolute atomic E-state index is 12.5. The molecule has 7 nitrogen and oxygen atoms in total. The first-order chi connectivity index (χ1) is 12.1. The fraction of sp³-hybridized carbons (Fsp3) is 0.444. The first kappa shape index (κ1) is 17.3. The number of furan rings is 1. The van der Waals surface area contributed by atoms with Crippen LogP contribution in [0.1, 0.15) is 41.9 Å². The third-order valence-corrected chi connectivity index (χ3v) is 4.33. The second-order valence-electron chi connectivity index (χ2n) is 6.02. The van der Waals surface area contributed by atoms with Gasteiger partial charge in [-0.3, -0.25) is 4.79 Å². The number of pyridine rings is 1. The number of nitrogens with one attached hydrogen (secondary N) is 1. The van der Waals surface area contributed by atoms with Crippen LogP contribution in [0.5, 0.6) is 11.8 Å². The van der Waals surface area contributed by atoms with E-state index in [1.165, 1.54) is 0 Å². The van der Waals surface area contributed by atoms with Crippen molar-refractivity contribution in [1.82, 2.24) is 10.3 Å². The van der Waals surface area contributed by atoms with E-state index in [0.29, 0.717) is 31.3 Å². The highest BCUT2D eigenvalue weighted by Crippen LogP contribution is 2.38. The quantitative estimate of drug-likeness (QED) is 0.799. The number of aliphatic hydroxyl groups excluding tert-OH is 1. The van der Waals surface area contributed by atoms with Crippen LogP contribution in [0.4, 0.5) is 0 Å². The average molecular weight is 346 g/mol. The Morgan fingerprint density at radius 2 is 2.20 bits per heavy atom. The molecule has 3 rings (SSSR count). The number of hydrogen-bond donors (Lipinski definition) is 2. The van der Waals surface area contributed by atoms with Gasteiger partial charge >= 0.3 is 0 Å². The Bertz CT molecular complexity index is 707. The Morgan fingerprint density at radius 3 is 2.80 bits per heavy atom. The lowest BCUT2D eigenvalue weighted by atomic mass is 9.75. The normalized spacial score (nSPS) is 20.4. The molecule has 1 fully saturated rings. The molecule has 1 aliphatic carbocycles. The minimum Gasteiger partial charge on any atom is -0.481 e. The topological polar surface area (TPSA) is 93.8 Å². The van der Waals surface area contributed by atoms with E-state index in [0.717, 1.165) is 5.56 Å². The molecule has 0 bridgehead atoms. The zero-order valence-corrected chi connectivity index (χ0v) is 14.3. The Hall–Kier alpha value is -2.54. The SMILES string of the molecule is CCOc1ccc(C(=O)N[C@H](c2ccc(OC)nc2)C2CC(O)C2)o1. The summed E-state index contributed by atoms with van der Waals surface area (Å²) in [6.45, 7) is 2.31. The maximum atomic E-state index is 12.5. The highest BCUT2D eigenvalue weighted by Gasteiger charge is 2.36. The minimum absolute atomic E-state index is 0.149. The molecular weight excluding hydrogens is 324 g/mol. The van der Waals surface area contributed by atoms with E-state index in [4.69, 9.17) is 13.9 Å². The molecule has 134 valence electrons. The molecule has 7 heteroatoms. The van der Waals surface area contributed by atoms with E-state index in [1.54, 1.807) is 31.5 Å². The van der Waals surface area contributed by atoms with Crippen molar-refractivity contribution in [2.24, 2.45) is 5.92 Å². The molecule has 1 amide bonds. The standard InChI is InChI=1S/C18H22N2O5/c1-3-24-16-7-5-14(25-16)18(22)20-17(12-8-13(21)9-12)11-4-6-15(23-2)19-10-11/h4-7,10,12-13,17,21H,3,8-9H2,1-2H3,(H,20,22)/t12?,13?,17-/m1/s1. The van der Waals surface area contributed by atoms with E-state index in [9.17, 15) is 9.90 Å². The fourth-order valence-electron chi connectivity index (χ4n) is 2.95. The van der Waals surface area contributed by atoms with Gasteiger partial charge in [-0.2, -0.15) is 0 Å². The number of carbonyl (C=O) groups excluding carboxylic acids is 1. The minimum atomic E-state index is -0.326. The van der Waals surface area contributed by atoms with Gasteiger partial charge in [-0.1, -0.05) is 6.07 Å². The zero-order valence-electron chi connectivity index (χ0n) is 14.3. The van der Waals surface area contributed by atoms with E-state index < -0.39 is 0 Å². The summed E-state index contributed by atoms with van der Waals surface area (Å²) in [6, 6.07) is 6.57. The fourth-order valence-corrected chi connectivity index (χ4v) is 2.95. The molecule has 1 aliphatic rings. The second-order valence-corrected chi connectivity index (χ2v) is 6.02. The molecule has 2 aromatic heterocycles. The Kier molecular flexibility index (Phi) is 5.23. The van der Waals surface area contributed by atoms with Crippen LogP contribution in [0.25, 0.3) is 0 Å². The summed E-state index contributed by atoms with van der Waals surface area (Å²) < 4.78 is 15.7. The van der Waals surface area contributed by atoms with Crippen LogP contribution in [0.15, 0.2) is 34.9 Å². The first-order valence-electron chi connectivity index (χ1n) is 8.32. The van der Waals surface area contributed by atoms with Gasteiger partial charge in [0.15, 0.2) is 5.76 Å². The number of rotatable bonds is 7. The van der Waals surface area contributed by atoms with Crippen LogP contribution in [0.3, 0.4) is 0 Å². The van der Waals surface area contributed by atoms with Crippen LogP contribution in [0, 0.1) is 5.92 Å². The molecule has 25 heavy (non-hydrogen) atoms. The van der Waals surface area contributed by atoms with Gasteiger partial charge in [0.2, 0.25) is 5.88 Å². The number of nitrogens with zero attached hydrogens (tertiary/aromatic N) is 1. The number of ether oxygens (including phenoxy) is 2. The summed E-state index contributed by atoms with van der Waals surface area (Å²) in [5.41, 5.74) is 0.864. The molecule has 1 atom stereocenters. The van der Waals surface area contributed by atoms with Gasteiger partial charge in [-0.25, -0.2) is 4.98 Å². The van der Waals surface area contributed by atoms with Gasteiger partial charge in [-0.15, -0.1) is 0 Å². The van der Waals surface area contributed by atoms with Gasteiger partial charge in [0.25, 0.3) is 11.9 Å². The Labute approximate surface area is 146 Å². The molecule has 0 spiro atoms. The van der Waals surface area contributed by atoms with Crippen molar-refractivity contribution in [3.05, 3.63) is 41.8 Å². The van der Waals surface area contributed by atoms with Crippen molar-refractivity contribution < 1.29 is 23.8 Å². The lowest BCUT2D eigenvalue weighted by Gasteiger charge is -2.38. The third kappa shape index (κ3) is 3.93. The van der Waals surface area contributed by atoms with Crippen LogP contribution >= 0.6 is 0 Å². The molecule has 1 saturated carbocycles. The molecule has 2 aromatic rings. The highest BCUT2D eigenvalue weighted by molar-refractivity contribution is 5.91.